The van der Waals surface area contributed by atoms with E-state index in [1.54, 1.807) is 0 Å². The highest BCUT2D eigenvalue weighted by molar-refractivity contribution is 5.83. The largest absolute Gasteiger partial charge is 0.481 e. The molecule has 6 heteroatoms. The van der Waals surface area contributed by atoms with Crippen molar-refractivity contribution in [2.75, 3.05) is 6.54 Å². The standard InChI is InChI=1S/C14H23F2NO3/c1-9(2)7-10(8-12(18)19)14(20)17-6-4-3-5-11(17)13(15)16/h9-11,13H,3-8H2,1-2H3,(H,18,19). The monoisotopic (exact) mass is 291 g/mol. The third-order valence-electron chi connectivity index (χ3n) is 3.65. The molecule has 116 valence electrons. The molecular weight excluding hydrogens is 268 g/mol. The van der Waals surface area contributed by atoms with Crippen LogP contribution in [0.3, 0.4) is 0 Å². The Balaban J connectivity index is 2.82. The SMILES string of the molecule is CC(C)CC(CC(=O)O)C(=O)N1CCCCC1C(F)F. The van der Waals surface area contributed by atoms with Gasteiger partial charge in [0.05, 0.1) is 12.5 Å². The van der Waals surface area contributed by atoms with Crippen LogP contribution in [0.5, 0.6) is 0 Å². The van der Waals surface area contributed by atoms with Gasteiger partial charge in [-0.2, -0.15) is 0 Å². The van der Waals surface area contributed by atoms with E-state index in [2.05, 4.69) is 0 Å². The molecule has 20 heavy (non-hydrogen) atoms. The minimum Gasteiger partial charge on any atom is -0.481 e. The number of amides is 1. The Hall–Kier alpha value is -1.20. The number of carboxylic acids is 1. The second-order valence-electron chi connectivity index (χ2n) is 5.85. The quantitative estimate of drug-likeness (QED) is 0.818. The summed E-state index contributed by atoms with van der Waals surface area (Å²) in [4.78, 5) is 24.5. The number of rotatable bonds is 6. The van der Waals surface area contributed by atoms with E-state index >= 15 is 0 Å². The Morgan fingerprint density at radius 2 is 1.95 bits per heavy atom. The Morgan fingerprint density at radius 1 is 1.30 bits per heavy atom. The van der Waals surface area contributed by atoms with Gasteiger partial charge in [0, 0.05) is 12.5 Å². The van der Waals surface area contributed by atoms with Crippen LogP contribution < -0.4 is 0 Å². The maximum atomic E-state index is 13.0. The summed E-state index contributed by atoms with van der Waals surface area (Å²) in [5, 5.41) is 8.90. The zero-order chi connectivity index (χ0) is 15.3. The van der Waals surface area contributed by atoms with Gasteiger partial charge in [0.1, 0.15) is 0 Å². The zero-order valence-corrected chi connectivity index (χ0v) is 12.0. The molecular formula is C14H23F2NO3. The zero-order valence-electron chi connectivity index (χ0n) is 12.0. The lowest BCUT2D eigenvalue weighted by atomic mass is 9.91. The van der Waals surface area contributed by atoms with Gasteiger partial charge in [0.15, 0.2) is 0 Å². The third-order valence-corrected chi connectivity index (χ3v) is 3.65. The van der Waals surface area contributed by atoms with Crippen LogP contribution in [0.15, 0.2) is 0 Å². The summed E-state index contributed by atoms with van der Waals surface area (Å²) in [5.74, 6) is -2.04. The molecule has 0 saturated carbocycles. The van der Waals surface area contributed by atoms with E-state index in [0.717, 1.165) is 0 Å². The first kappa shape index (κ1) is 16.9. The predicted octanol–water partition coefficient (Wildman–Crippen LogP) is 2.77. The molecule has 1 fully saturated rings. The fraction of sp³-hybridized carbons (Fsp3) is 0.857. The van der Waals surface area contributed by atoms with E-state index in [1.807, 2.05) is 13.8 Å². The smallest absolute Gasteiger partial charge is 0.304 e. The number of carbonyl (C=O) groups excluding carboxylic acids is 1. The van der Waals surface area contributed by atoms with Gasteiger partial charge in [0.25, 0.3) is 6.43 Å². The molecule has 4 nitrogen and oxygen atoms in total. The first-order chi connectivity index (χ1) is 9.32. The van der Waals surface area contributed by atoms with E-state index in [9.17, 15) is 18.4 Å². The van der Waals surface area contributed by atoms with Crippen LogP contribution in [0.1, 0.15) is 46.0 Å². The summed E-state index contributed by atoms with van der Waals surface area (Å²) >= 11 is 0. The summed E-state index contributed by atoms with van der Waals surface area (Å²) in [6.45, 7) is 4.09. The first-order valence-electron chi connectivity index (χ1n) is 7.13. The molecule has 1 aliphatic heterocycles. The maximum absolute atomic E-state index is 13.0. The minimum absolute atomic E-state index is 0.151. The Labute approximate surface area is 118 Å². The first-order valence-corrected chi connectivity index (χ1v) is 7.13. The molecule has 0 radical (unpaired) electrons. The Kier molecular flexibility index (Phi) is 6.36. The van der Waals surface area contributed by atoms with Gasteiger partial charge < -0.3 is 10.0 Å². The Morgan fingerprint density at radius 3 is 2.45 bits per heavy atom. The minimum atomic E-state index is -2.57. The summed E-state index contributed by atoms with van der Waals surface area (Å²) < 4.78 is 26.0. The highest BCUT2D eigenvalue weighted by Crippen LogP contribution is 2.27. The molecule has 2 atom stereocenters. The normalized spacial score (nSPS) is 21.3. The highest BCUT2D eigenvalue weighted by atomic mass is 19.3. The lowest BCUT2D eigenvalue weighted by Crippen LogP contribution is -2.50. The van der Waals surface area contributed by atoms with Crippen LogP contribution in [-0.2, 0) is 9.59 Å². The highest BCUT2D eigenvalue weighted by Gasteiger charge is 2.36. The molecule has 0 aromatic carbocycles. The van der Waals surface area contributed by atoms with Gasteiger partial charge in [-0.05, 0) is 31.6 Å². The molecule has 1 rings (SSSR count). The Bertz CT molecular complexity index is 347. The van der Waals surface area contributed by atoms with E-state index in [1.165, 1.54) is 4.90 Å². The number of halogens is 2. The maximum Gasteiger partial charge on any atom is 0.304 e. The van der Waals surface area contributed by atoms with Crippen LogP contribution in [-0.4, -0.2) is 40.9 Å². The summed E-state index contributed by atoms with van der Waals surface area (Å²) in [5.41, 5.74) is 0. The lowest BCUT2D eigenvalue weighted by Gasteiger charge is -2.37. The van der Waals surface area contributed by atoms with Gasteiger partial charge in [-0.15, -0.1) is 0 Å². The van der Waals surface area contributed by atoms with E-state index in [0.29, 0.717) is 32.2 Å². The van der Waals surface area contributed by atoms with Crippen LogP contribution in [0.25, 0.3) is 0 Å². The van der Waals surface area contributed by atoms with Crippen molar-refractivity contribution in [2.24, 2.45) is 11.8 Å². The van der Waals surface area contributed by atoms with Crippen LogP contribution in [0.2, 0.25) is 0 Å². The van der Waals surface area contributed by atoms with E-state index in [4.69, 9.17) is 5.11 Å². The molecule has 0 aliphatic carbocycles. The van der Waals surface area contributed by atoms with Crippen molar-refractivity contribution in [1.29, 1.82) is 0 Å². The fourth-order valence-electron chi connectivity index (χ4n) is 2.78. The van der Waals surface area contributed by atoms with Gasteiger partial charge in [-0.3, -0.25) is 9.59 Å². The molecule has 1 N–H and O–H groups in total. The average Bonchev–Trinajstić information content (AvgIpc) is 2.36. The molecule has 1 aliphatic rings. The van der Waals surface area contributed by atoms with E-state index in [-0.39, 0.29) is 12.3 Å². The third kappa shape index (κ3) is 4.72. The number of likely N-dealkylation sites (tertiary alicyclic amines) is 1. The van der Waals surface area contributed by atoms with Gasteiger partial charge >= 0.3 is 5.97 Å². The number of piperidine rings is 1. The molecule has 0 bridgehead atoms. The second-order valence-corrected chi connectivity index (χ2v) is 5.85. The lowest BCUT2D eigenvalue weighted by molar-refractivity contribution is -0.149. The number of aliphatic carboxylic acids is 1. The van der Waals surface area contributed by atoms with Crippen molar-refractivity contribution in [3.05, 3.63) is 0 Å². The number of hydrogen-bond donors (Lipinski definition) is 1. The van der Waals surface area contributed by atoms with Gasteiger partial charge in [0.2, 0.25) is 5.91 Å². The number of carbonyl (C=O) groups is 2. The van der Waals surface area contributed by atoms with Crippen molar-refractivity contribution >= 4 is 11.9 Å². The van der Waals surface area contributed by atoms with Crippen molar-refractivity contribution in [2.45, 2.75) is 58.4 Å². The summed E-state index contributed by atoms with van der Waals surface area (Å²) in [6, 6.07) is -1.06. The number of hydrogen-bond acceptors (Lipinski definition) is 2. The van der Waals surface area contributed by atoms with Crippen LogP contribution >= 0.6 is 0 Å². The molecule has 0 spiro atoms. The van der Waals surface area contributed by atoms with Crippen molar-refractivity contribution < 1.29 is 23.5 Å². The second kappa shape index (κ2) is 7.55. The number of alkyl halides is 2. The number of carboxylic acid groups (broad SMARTS) is 1. The molecule has 0 aromatic rings. The number of nitrogens with zero attached hydrogens (tertiary/aromatic N) is 1. The molecule has 0 aromatic heterocycles. The molecule has 1 heterocycles. The van der Waals surface area contributed by atoms with Crippen LogP contribution in [0.4, 0.5) is 8.78 Å². The van der Waals surface area contributed by atoms with Crippen molar-refractivity contribution in [1.82, 2.24) is 4.90 Å². The molecule has 1 amide bonds. The topological polar surface area (TPSA) is 57.6 Å². The molecule has 1 saturated heterocycles. The van der Waals surface area contributed by atoms with Gasteiger partial charge in [-0.1, -0.05) is 13.8 Å². The fourth-order valence-corrected chi connectivity index (χ4v) is 2.78. The van der Waals surface area contributed by atoms with Crippen molar-refractivity contribution in [3.63, 3.8) is 0 Å². The van der Waals surface area contributed by atoms with Crippen molar-refractivity contribution in [3.8, 4) is 0 Å². The summed E-state index contributed by atoms with van der Waals surface area (Å²) in [7, 11) is 0. The van der Waals surface area contributed by atoms with Gasteiger partial charge in [-0.25, -0.2) is 8.78 Å². The molecule has 2 unspecified atom stereocenters. The van der Waals surface area contributed by atoms with Crippen LogP contribution in [0, 0.1) is 11.8 Å². The van der Waals surface area contributed by atoms with E-state index < -0.39 is 30.3 Å². The summed E-state index contributed by atoms with van der Waals surface area (Å²) in [6.07, 6.45) is -0.752. The predicted molar refractivity (Wildman–Crippen MR) is 70.6 cm³/mol. The average molecular weight is 291 g/mol.